The van der Waals surface area contributed by atoms with Crippen LogP contribution in [-0.4, -0.2) is 40.7 Å². The van der Waals surface area contributed by atoms with E-state index in [4.69, 9.17) is 4.74 Å². The van der Waals surface area contributed by atoms with Gasteiger partial charge in [-0.1, -0.05) is 17.7 Å². The molecular weight excluding hydrogens is 290 g/mol. The van der Waals surface area contributed by atoms with Crippen LogP contribution in [-0.2, 0) is 4.79 Å². The lowest BCUT2D eigenvalue weighted by molar-refractivity contribution is -0.132. The highest BCUT2D eigenvalue weighted by molar-refractivity contribution is 5.76. The molecule has 1 aromatic heterocycles. The number of benzene rings is 1. The molecule has 1 aromatic carbocycles. The van der Waals surface area contributed by atoms with Crippen LogP contribution < -0.4 is 4.74 Å². The summed E-state index contributed by atoms with van der Waals surface area (Å²) in [4.78, 5) is 14.3. The van der Waals surface area contributed by atoms with Crippen molar-refractivity contribution in [2.75, 3.05) is 19.7 Å². The summed E-state index contributed by atoms with van der Waals surface area (Å²) >= 11 is 0. The van der Waals surface area contributed by atoms with Crippen molar-refractivity contribution in [2.45, 2.75) is 32.1 Å². The number of rotatable bonds is 5. The van der Waals surface area contributed by atoms with Gasteiger partial charge in [-0.25, -0.2) is 0 Å². The fourth-order valence-corrected chi connectivity index (χ4v) is 3.00. The quantitative estimate of drug-likeness (QED) is 0.923. The van der Waals surface area contributed by atoms with Gasteiger partial charge in [-0.05, 0) is 38.0 Å². The molecule has 1 fully saturated rings. The van der Waals surface area contributed by atoms with E-state index in [-0.39, 0.29) is 5.91 Å². The molecule has 1 unspecified atom stereocenters. The first-order chi connectivity index (χ1) is 11.2. The lowest BCUT2D eigenvalue weighted by Gasteiger charge is -2.32. The van der Waals surface area contributed by atoms with E-state index in [0.717, 1.165) is 37.4 Å². The second-order valence-corrected chi connectivity index (χ2v) is 6.10. The molecule has 0 bridgehead atoms. The molecule has 0 aliphatic carbocycles. The number of carbonyl (C=O) groups is 1. The molecule has 5 heteroatoms. The number of aromatic nitrogens is 2. The Hall–Kier alpha value is -2.30. The van der Waals surface area contributed by atoms with E-state index in [2.05, 4.69) is 10.2 Å². The molecule has 2 aromatic rings. The molecule has 0 radical (unpaired) electrons. The normalized spacial score (nSPS) is 18.0. The molecule has 1 aliphatic rings. The zero-order valence-electron chi connectivity index (χ0n) is 13.5. The van der Waals surface area contributed by atoms with Gasteiger partial charge in [-0.2, -0.15) is 5.10 Å². The van der Waals surface area contributed by atoms with Crippen molar-refractivity contribution < 1.29 is 9.53 Å². The minimum absolute atomic E-state index is 0.168. The van der Waals surface area contributed by atoms with Crippen LogP contribution in [0, 0.1) is 6.92 Å². The first-order valence-corrected chi connectivity index (χ1v) is 8.19. The molecule has 0 spiro atoms. The van der Waals surface area contributed by atoms with Crippen molar-refractivity contribution in [2.24, 2.45) is 0 Å². The van der Waals surface area contributed by atoms with Crippen LogP contribution in [0.2, 0.25) is 0 Å². The van der Waals surface area contributed by atoms with Crippen LogP contribution in [0.1, 0.15) is 36.4 Å². The zero-order chi connectivity index (χ0) is 16.1. The number of ether oxygens (including phenoxy) is 1. The molecular formula is C18H23N3O2. The van der Waals surface area contributed by atoms with Crippen molar-refractivity contribution in [3.05, 3.63) is 47.8 Å². The summed E-state index contributed by atoms with van der Waals surface area (Å²) in [6.45, 7) is 4.08. The van der Waals surface area contributed by atoms with Gasteiger partial charge in [0.15, 0.2) is 0 Å². The van der Waals surface area contributed by atoms with Gasteiger partial charge in [0.05, 0.1) is 13.0 Å². The van der Waals surface area contributed by atoms with E-state index in [1.807, 2.05) is 42.2 Å². The second kappa shape index (κ2) is 7.31. The van der Waals surface area contributed by atoms with Crippen molar-refractivity contribution >= 4 is 5.91 Å². The Morgan fingerprint density at radius 1 is 1.35 bits per heavy atom. The summed E-state index contributed by atoms with van der Waals surface area (Å²) < 4.78 is 5.66. The number of aryl methyl sites for hydroxylation is 1. The number of carbonyl (C=O) groups excluding carboxylic acids is 1. The molecule has 1 saturated heterocycles. The molecule has 1 amide bonds. The number of hydrogen-bond donors (Lipinski definition) is 1. The molecule has 1 atom stereocenters. The summed E-state index contributed by atoms with van der Waals surface area (Å²) in [6, 6.07) is 9.90. The average Bonchev–Trinajstić information content (AvgIpc) is 3.11. The number of H-pyrrole nitrogens is 1. The molecule has 3 rings (SSSR count). The van der Waals surface area contributed by atoms with Crippen LogP contribution in [0.4, 0.5) is 0 Å². The molecule has 5 nitrogen and oxygen atoms in total. The maximum atomic E-state index is 12.4. The second-order valence-electron chi connectivity index (χ2n) is 6.10. The lowest BCUT2D eigenvalue weighted by atomic mass is 9.95. The van der Waals surface area contributed by atoms with Crippen LogP contribution >= 0.6 is 0 Å². The van der Waals surface area contributed by atoms with Gasteiger partial charge in [-0.3, -0.25) is 9.89 Å². The Kier molecular flexibility index (Phi) is 4.95. The summed E-state index contributed by atoms with van der Waals surface area (Å²) in [5.41, 5.74) is 2.32. The van der Waals surface area contributed by atoms with E-state index in [9.17, 15) is 4.79 Å². The third-order valence-electron chi connectivity index (χ3n) is 4.34. The largest absolute Gasteiger partial charge is 0.493 e. The SMILES string of the molecule is Cc1ccc(OCCC(=O)N2CCCC(c3ccn[nH]3)C2)cc1. The van der Waals surface area contributed by atoms with Crippen molar-refractivity contribution in [3.63, 3.8) is 0 Å². The third kappa shape index (κ3) is 4.12. The minimum Gasteiger partial charge on any atom is -0.493 e. The number of amides is 1. The summed E-state index contributed by atoms with van der Waals surface area (Å²) in [7, 11) is 0. The van der Waals surface area contributed by atoms with E-state index in [0.29, 0.717) is 18.9 Å². The van der Waals surface area contributed by atoms with Gasteiger partial charge >= 0.3 is 0 Å². The minimum atomic E-state index is 0.168. The number of piperidine rings is 1. The third-order valence-corrected chi connectivity index (χ3v) is 4.34. The van der Waals surface area contributed by atoms with Gasteiger partial charge in [0.25, 0.3) is 0 Å². The number of nitrogens with one attached hydrogen (secondary N) is 1. The van der Waals surface area contributed by atoms with Crippen molar-refractivity contribution in [1.82, 2.24) is 15.1 Å². The average molecular weight is 313 g/mol. The topological polar surface area (TPSA) is 58.2 Å². The molecule has 0 saturated carbocycles. The monoisotopic (exact) mass is 313 g/mol. The van der Waals surface area contributed by atoms with Gasteiger partial charge in [-0.15, -0.1) is 0 Å². The number of hydrogen-bond acceptors (Lipinski definition) is 3. The molecule has 122 valence electrons. The first-order valence-electron chi connectivity index (χ1n) is 8.19. The maximum Gasteiger partial charge on any atom is 0.226 e. The number of nitrogens with zero attached hydrogens (tertiary/aromatic N) is 2. The maximum absolute atomic E-state index is 12.4. The van der Waals surface area contributed by atoms with Gasteiger partial charge < -0.3 is 9.64 Å². The van der Waals surface area contributed by atoms with E-state index < -0.39 is 0 Å². The first kappa shape index (κ1) is 15.6. The van der Waals surface area contributed by atoms with Crippen molar-refractivity contribution in [1.29, 1.82) is 0 Å². The Balaban J connectivity index is 1.47. The van der Waals surface area contributed by atoms with E-state index >= 15 is 0 Å². The zero-order valence-corrected chi connectivity index (χ0v) is 13.5. The molecule has 1 aliphatic heterocycles. The standard InChI is InChI=1S/C18H23N3O2/c1-14-4-6-16(7-5-14)23-12-9-18(22)21-11-2-3-15(13-21)17-8-10-19-20-17/h4-8,10,15H,2-3,9,11-13H2,1H3,(H,19,20). The smallest absolute Gasteiger partial charge is 0.226 e. The predicted molar refractivity (Wildman–Crippen MR) is 88.4 cm³/mol. The van der Waals surface area contributed by atoms with Crippen LogP contribution in [0.3, 0.4) is 0 Å². The van der Waals surface area contributed by atoms with Gasteiger partial charge in [0.1, 0.15) is 5.75 Å². The Morgan fingerprint density at radius 2 is 2.17 bits per heavy atom. The van der Waals surface area contributed by atoms with E-state index in [1.54, 1.807) is 6.20 Å². The predicted octanol–water partition coefficient (Wildman–Crippen LogP) is 2.89. The fraction of sp³-hybridized carbons (Fsp3) is 0.444. The molecule has 2 heterocycles. The highest BCUT2D eigenvalue weighted by atomic mass is 16.5. The number of aromatic amines is 1. The van der Waals surface area contributed by atoms with Gasteiger partial charge in [0, 0.05) is 30.9 Å². The van der Waals surface area contributed by atoms with Crippen LogP contribution in [0.5, 0.6) is 5.75 Å². The number of likely N-dealkylation sites (tertiary alicyclic amines) is 1. The summed E-state index contributed by atoms with van der Waals surface area (Å²) in [6.07, 6.45) is 4.33. The fourth-order valence-electron chi connectivity index (χ4n) is 3.00. The van der Waals surface area contributed by atoms with Crippen LogP contribution in [0.25, 0.3) is 0 Å². The summed E-state index contributed by atoms with van der Waals surface area (Å²) in [5.74, 6) is 1.35. The Morgan fingerprint density at radius 3 is 2.91 bits per heavy atom. The Labute approximate surface area is 136 Å². The molecule has 23 heavy (non-hydrogen) atoms. The molecule has 1 N–H and O–H groups in total. The summed E-state index contributed by atoms with van der Waals surface area (Å²) in [5, 5.41) is 7.03. The van der Waals surface area contributed by atoms with E-state index in [1.165, 1.54) is 5.56 Å². The van der Waals surface area contributed by atoms with Gasteiger partial charge in [0.2, 0.25) is 5.91 Å². The van der Waals surface area contributed by atoms with Crippen LogP contribution in [0.15, 0.2) is 36.5 Å². The Bertz CT molecular complexity index is 622. The highest BCUT2D eigenvalue weighted by Crippen LogP contribution is 2.25. The lowest BCUT2D eigenvalue weighted by Crippen LogP contribution is -2.39. The van der Waals surface area contributed by atoms with Crippen molar-refractivity contribution in [3.8, 4) is 5.75 Å². The highest BCUT2D eigenvalue weighted by Gasteiger charge is 2.25.